The summed E-state index contributed by atoms with van der Waals surface area (Å²) in [6.45, 7) is 1.59. The standard InChI is InChI=1S/C15H13NO5/c1-9-13(11(8-17)12(16-9)15(19)20-2)21-14(18)10-6-4-3-5-7-10/h3-8,16H,1-2H3. The Hall–Kier alpha value is -2.89. The highest BCUT2D eigenvalue weighted by Gasteiger charge is 2.24. The first-order valence-corrected chi connectivity index (χ1v) is 6.11. The Morgan fingerprint density at radius 3 is 2.38 bits per heavy atom. The highest BCUT2D eigenvalue weighted by atomic mass is 16.5. The van der Waals surface area contributed by atoms with E-state index in [1.165, 1.54) is 7.11 Å². The van der Waals surface area contributed by atoms with Crippen molar-refractivity contribution in [2.45, 2.75) is 6.92 Å². The summed E-state index contributed by atoms with van der Waals surface area (Å²) in [6, 6.07) is 8.34. The molecule has 1 heterocycles. The quantitative estimate of drug-likeness (QED) is 0.687. The van der Waals surface area contributed by atoms with Gasteiger partial charge in [-0.2, -0.15) is 0 Å². The van der Waals surface area contributed by atoms with Crippen molar-refractivity contribution >= 4 is 18.2 Å². The van der Waals surface area contributed by atoms with Crippen LogP contribution in [0.5, 0.6) is 5.75 Å². The molecule has 1 aromatic heterocycles. The van der Waals surface area contributed by atoms with Gasteiger partial charge in [0, 0.05) is 0 Å². The molecule has 0 saturated heterocycles. The normalized spacial score (nSPS) is 10.0. The van der Waals surface area contributed by atoms with Crippen LogP contribution in [0, 0.1) is 6.92 Å². The van der Waals surface area contributed by atoms with Crippen LogP contribution in [-0.2, 0) is 4.74 Å². The van der Waals surface area contributed by atoms with E-state index in [1.54, 1.807) is 37.3 Å². The van der Waals surface area contributed by atoms with Gasteiger partial charge in [-0.1, -0.05) is 18.2 Å². The van der Waals surface area contributed by atoms with Crippen molar-refractivity contribution in [3.63, 3.8) is 0 Å². The lowest BCUT2D eigenvalue weighted by atomic mass is 10.2. The molecule has 0 aliphatic carbocycles. The number of nitrogens with one attached hydrogen (secondary N) is 1. The molecule has 0 fully saturated rings. The molecule has 6 heteroatoms. The highest BCUT2D eigenvalue weighted by Crippen LogP contribution is 2.27. The Bertz CT molecular complexity index is 688. The molecule has 0 atom stereocenters. The van der Waals surface area contributed by atoms with Crippen LogP contribution in [-0.4, -0.2) is 30.3 Å². The number of aldehydes is 1. The molecule has 0 spiro atoms. The lowest BCUT2D eigenvalue weighted by Crippen LogP contribution is -2.10. The average molecular weight is 287 g/mol. The zero-order chi connectivity index (χ0) is 15.4. The summed E-state index contributed by atoms with van der Waals surface area (Å²) in [5, 5.41) is 0. The number of methoxy groups -OCH3 is 1. The van der Waals surface area contributed by atoms with Crippen molar-refractivity contribution < 1.29 is 23.9 Å². The second-order valence-electron chi connectivity index (χ2n) is 4.23. The van der Waals surface area contributed by atoms with Gasteiger partial charge in [0.15, 0.2) is 12.0 Å². The van der Waals surface area contributed by atoms with Crippen LogP contribution < -0.4 is 4.74 Å². The third-order valence-electron chi connectivity index (χ3n) is 2.88. The van der Waals surface area contributed by atoms with E-state index in [9.17, 15) is 14.4 Å². The van der Waals surface area contributed by atoms with E-state index in [0.29, 0.717) is 17.5 Å². The summed E-state index contributed by atoms with van der Waals surface area (Å²) in [6.07, 6.45) is 0.448. The van der Waals surface area contributed by atoms with Gasteiger partial charge in [-0.15, -0.1) is 0 Å². The maximum atomic E-state index is 12.0. The number of aromatic nitrogens is 1. The minimum absolute atomic E-state index is 0.0271. The molecule has 2 aromatic rings. The SMILES string of the molecule is COC(=O)c1[nH]c(C)c(OC(=O)c2ccccc2)c1C=O. The summed E-state index contributed by atoms with van der Waals surface area (Å²) in [7, 11) is 1.20. The Morgan fingerprint density at radius 1 is 1.14 bits per heavy atom. The van der Waals surface area contributed by atoms with E-state index < -0.39 is 11.9 Å². The number of benzene rings is 1. The topological polar surface area (TPSA) is 85.5 Å². The van der Waals surface area contributed by atoms with E-state index in [4.69, 9.17) is 4.74 Å². The first kappa shape index (κ1) is 14.5. The van der Waals surface area contributed by atoms with Crippen LogP contribution in [0.25, 0.3) is 0 Å². The van der Waals surface area contributed by atoms with Crippen molar-refractivity contribution in [2.75, 3.05) is 7.11 Å². The summed E-state index contributed by atoms with van der Waals surface area (Å²) in [5.74, 6) is -1.29. The third kappa shape index (κ3) is 2.84. The predicted octanol–water partition coefficient (Wildman–Crippen LogP) is 2.14. The summed E-state index contributed by atoms with van der Waals surface area (Å²) < 4.78 is 9.79. The number of hydrogen-bond donors (Lipinski definition) is 1. The molecule has 0 saturated carbocycles. The zero-order valence-corrected chi connectivity index (χ0v) is 11.5. The van der Waals surface area contributed by atoms with Gasteiger partial charge in [0.25, 0.3) is 0 Å². The van der Waals surface area contributed by atoms with E-state index in [-0.39, 0.29) is 17.0 Å². The van der Waals surface area contributed by atoms with Crippen LogP contribution >= 0.6 is 0 Å². The van der Waals surface area contributed by atoms with Gasteiger partial charge < -0.3 is 14.5 Å². The maximum Gasteiger partial charge on any atom is 0.355 e. The molecule has 0 bridgehead atoms. The fourth-order valence-corrected chi connectivity index (χ4v) is 1.86. The van der Waals surface area contributed by atoms with Gasteiger partial charge >= 0.3 is 11.9 Å². The number of carbonyl (C=O) groups is 3. The highest BCUT2D eigenvalue weighted by molar-refractivity contribution is 6.00. The molecule has 108 valence electrons. The maximum absolute atomic E-state index is 12.0. The minimum atomic E-state index is -0.706. The van der Waals surface area contributed by atoms with E-state index in [2.05, 4.69) is 9.72 Å². The number of esters is 2. The van der Waals surface area contributed by atoms with Gasteiger partial charge in [0.1, 0.15) is 5.69 Å². The molecular weight excluding hydrogens is 274 g/mol. The molecule has 1 N–H and O–H groups in total. The van der Waals surface area contributed by atoms with Crippen LogP contribution in [0.2, 0.25) is 0 Å². The van der Waals surface area contributed by atoms with Crippen LogP contribution in [0.15, 0.2) is 30.3 Å². The number of aromatic amines is 1. The van der Waals surface area contributed by atoms with Crippen molar-refractivity contribution in [3.05, 3.63) is 52.8 Å². The van der Waals surface area contributed by atoms with Gasteiger partial charge in [0.2, 0.25) is 0 Å². The van der Waals surface area contributed by atoms with Crippen LogP contribution in [0.1, 0.15) is 36.9 Å². The lowest BCUT2D eigenvalue weighted by Gasteiger charge is -2.04. The van der Waals surface area contributed by atoms with Gasteiger partial charge in [-0.25, -0.2) is 9.59 Å². The van der Waals surface area contributed by atoms with Crippen molar-refractivity contribution in [1.29, 1.82) is 0 Å². The van der Waals surface area contributed by atoms with E-state index >= 15 is 0 Å². The zero-order valence-electron chi connectivity index (χ0n) is 11.5. The van der Waals surface area contributed by atoms with E-state index in [1.807, 2.05) is 0 Å². The molecule has 0 unspecified atom stereocenters. The molecular formula is C15H13NO5. The smallest absolute Gasteiger partial charge is 0.355 e. The number of H-pyrrole nitrogens is 1. The van der Waals surface area contributed by atoms with Gasteiger partial charge in [0.05, 0.1) is 23.9 Å². The number of carbonyl (C=O) groups excluding carboxylic acids is 3. The second-order valence-corrected chi connectivity index (χ2v) is 4.23. The molecule has 6 nitrogen and oxygen atoms in total. The molecule has 0 aliphatic heterocycles. The fraction of sp³-hybridized carbons (Fsp3) is 0.133. The second kappa shape index (κ2) is 6.04. The number of rotatable bonds is 4. The average Bonchev–Trinajstić information content (AvgIpc) is 2.83. The minimum Gasteiger partial charge on any atom is -0.464 e. The first-order valence-electron chi connectivity index (χ1n) is 6.11. The summed E-state index contributed by atoms with van der Waals surface area (Å²) >= 11 is 0. The Labute approximate surface area is 120 Å². The third-order valence-corrected chi connectivity index (χ3v) is 2.88. The van der Waals surface area contributed by atoms with Gasteiger partial charge in [-0.05, 0) is 19.1 Å². The number of hydrogen-bond acceptors (Lipinski definition) is 5. The molecule has 0 radical (unpaired) electrons. The van der Waals surface area contributed by atoms with Crippen molar-refractivity contribution in [2.24, 2.45) is 0 Å². The Morgan fingerprint density at radius 2 is 1.81 bits per heavy atom. The predicted molar refractivity (Wildman–Crippen MR) is 73.7 cm³/mol. The molecule has 0 aliphatic rings. The van der Waals surface area contributed by atoms with Gasteiger partial charge in [-0.3, -0.25) is 4.79 Å². The molecule has 1 aromatic carbocycles. The van der Waals surface area contributed by atoms with E-state index in [0.717, 1.165) is 0 Å². The molecule has 0 amide bonds. The largest absolute Gasteiger partial charge is 0.464 e. The van der Waals surface area contributed by atoms with Crippen LogP contribution in [0.4, 0.5) is 0 Å². The number of aryl methyl sites for hydroxylation is 1. The molecule has 21 heavy (non-hydrogen) atoms. The summed E-state index contributed by atoms with van der Waals surface area (Å²) in [5.41, 5.74) is 0.654. The Kier molecular flexibility index (Phi) is 4.18. The monoisotopic (exact) mass is 287 g/mol. The van der Waals surface area contributed by atoms with Crippen molar-refractivity contribution in [3.8, 4) is 5.75 Å². The lowest BCUT2D eigenvalue weighted by molar-refractivity contribution is 0.0590. The molecule has 2 rings (SSSR count). The summed E-state index contributed by atoms with van der Waals surface area (Å²) in [4.78, 5) is 37.4. The van der Waals surface area contributed by atoms with Crippen LogP contribution in [0.3, 0.4) is 0 Å². The first-order chi connectivity index (χ1) is 10.1. The van der Waals surface area contributed by atoms with Crippen molar-refractivity contribution in [1.82, 2.24) is 4.98 Å². The number of ether oxygens (including phenoxy) is 2. The Balaban J connectivity index is 2.36. The fourth-order valence-electron chi connectivity index (χ4n) is 1.86.